The first-order valence-electron chi connectivity index (χ1n) is 11.5. The number of nitrogens with zero attached hydrogens (tertiary/aromatic N) is 1. The predicted octanol–water partition coefficient (Wildman–Crippen LogP) is 5.14. The Labute approximate surface area is 229 Å². The van der Waals surface area contributed by atoms with Crippen molar-refractivity contribution in [1.29, 1.82) is 0 Å². The van der Waals surface area contributed by atoms with Gasteiger partial charge in [-0.2, -0.15) is 0 Å². The van der Waals surface area contributed by atoms with E-state index in [-0.39, 0.29) is 23.3 Å². The van der Waals surface area contributed by atoms with Crippen molar-refractivity contribution in [2.75, 3.05) is 19.5 Å². The number of anilines is 1. The first kappa shape index (κ1) is 26.8. The number of hydrogen-bond acceptors (Lipinski definition) is 6. The number of carbonyl (C=O) groups is 3. The Balaban J connectivity index is 1.57. The quantitative estimate of drug-likeness (QED) is 0.254. The number of benzene rings is 3. The lowest BCUT2D eigenvalue weighted by Crippen LogP contribution is -2.35. The zero-order valence-electron chi connectivity index (χ0n) is 20.8. The zero-order chi connectivity index (χ0) is 27.4. The van der Waals surface area contributed by atoms with E-state index in [9.17, 15) is 14.4 Å². The van der Waals surface area contributed by atoms with Gasteiger partial charge in [-0.15, -0.1) is 0 Å². The Morgan fingerprint density at radius 2 is 1.61 bits per heavy atom. The van der Waals surface area contributed by atoms with E-state index in [0.29, 0.717) is 44.4 Å². The Kier molecular flexibility index (Phi) is 8.09. The number of esters is 1. The van der Waals surface area contributed by atoms with Gasteiger partial charge in [-0.05, 0) is 91.4 Å². The topological polar surface area (TPSA) is 98.7 Å². The highest BCUT2D eigenvalue weighted by molar-refractivity contribution is 7.80. The van der Waals surface area contributed by atoms with Crippen LogP contribution in [0.5, 0.6) is 5.75 Å². The smallest absolute Gasteiger partial charge is 0.337 e. The molecule has 0 atom stereocenters. The van der Waals surface area contributed by atoms with E-state index in [1.54, 1.807) is 85.3 Å². The van der Waals surface area contributed by atoms with Crippen LogP contribution in [-0.2, 0) is 16.0 Å². The molecular formula is C28H24ClN3O5S. The molecule has 1 heterocycles. The molecule has 2 N–H and O–H groups in total. The summed E-state index contributed by atoms with van der Waals surface area (Å²) in [5, 5.41) is 6.93. The summed E-state index contributed by atoms with van der Waals surface area (Å²) >= 11 is 11.3. The number of aromatic nitrogens is 1. The number of methoxy groups -OCH3 is 2. The molecule has 0 bridgehead atoms. The normalized spacial score (nSPS) is 10.6. The fourth-order valence-electron chi connectivity index (χ4n) is 4.10. The third-order valence-corrected chi connectivity index (χ3v) is 6.45. The summed E-state index contributed by atoms with van der Waals surface area (Å²) in [6, 6.07) is 18.5. The summed E-state index contributed by atoms with van der Waals surface area (Å²) in [7, 11) is 2.86. The molecule has 1 aromatic heterocycles. The van der Waals surface area contributed by atoms with Gasteiger partial charge in [0.05, 0.1) is 31.7 Å². The molecule has 4 rings (SSSR count). The minimum absolute atomic E-state index is 0.0283. The molecule has 0 aliphatic heterocycles. The van der Waals surface area contributed by atoms with Crippen LogP contribution in [-0.4, -0.2) is 41.7 Å². The highest BCUT2D eigenvalue weighted by Gasteiger charge is 2.22. The zero-order valence-corrected chi connectivity index (χ0v) is 22.4. The lowest BCUT2D eigenvalue weighted by atomic mass is 10.1. The molecule has 0 spiro atoms. The Morgan fingerprint density at radius 1 is 0.947 bits per heavy atom. The molecule has 0 saturated heterocycles. The fourth-order valence-corrected chi connectivity index (χ4v) is 4.45. The molecule has 0 unspecified atom stereocenters. The average molecular weight is 550 g/mol. The SMILES string of the molecule is COC(=O)c1ccc(NC(=S)NC(=O)Cc2c(C)n(C(=O)c3ccc(Cl)cc3)c3ccc(OC)cc23)cc1. The van der Waals surface area contributed by atoms with Gasteiger partial charge in [-0.3, -0.25) is 14.2 Å². The lowest BCUT2D eigenvalue weighted by molar-refractivity contribution is -0.119. The van der Waals surface area contributed by atoms with Crippen LogP contribution in [0.25, 0.3) is 10.9 Å². The van der Waals surface area contributed by atoms with Crippen molar-refractivity contribution in [2.45, 2.75) is 13.3 Å². The third-order valence-electron chi connectivity index (χ3n) is 5.99. The van der Waals surface area contributed by atoms with Gasteiger partial charge < -0.3 is 20.1 Å². The molecule has 0 saturated carbocycles. The van der Waals surface area contributed by atoms with E-state index in [4.69, 9.17) is 28.6 Å². The van der Waals surface area contributed by atoms with Crippen LogP contribution in [0.3, 0.4) is 0 Å². The number of hydrogen-bond donors (Lipinski definition) is 2. The van der Waals surface area contributed by atoms with Gasteiger partial charge in [-0.25, -0.2) is 4.79 Å². The number of carbonyl (C=O) groups excluding carboxylic acids is 3. The molecule has 0 radical (unpaired) electrons. The molecule has 8 nitrogen and oxygen atoms in total. The van der Waals surface area contributed by atoms with Crippen LogP contribution in [0.2, 0.25) is 5.02 Å². The number of ether oxygens (including phenoxy) is 2. The molecule has 1 amide bonds. The minimum atomic E-state index is -0.451. The monoisotopic (exact) mass is 549 g/mol. The number of rotatable bonds is 6. The number of nitrogens with one attached hydrogen (secondary N) is 2. The molecule has 0 aliphatic carbocycles. The predicted molar refractivity (Wildman–Crippen MR) is 150 cm³/mol. The maximum atomic E-state index is 13.4. The molecule has 38 heavy (non-hydrogen) atoms. The maximum absolute atomic E-state index is 13.4. The molecule has 194 valence electrons. The number of thiocarbonyl (C=S) groups is 1. The molecular weight excluding hydrogens is 526 g/mol. The number of amides is 1. The van der Waals surface area contributed by atoms with Crippen molar-refractivity contribution in [1.82, 2.24) is 9.88 Å². The van der Waals surface area contributed by atoms with E-state index in [1.807, 2.05) is 0 Å². The lowest BCUT2D eigenvalue weighted by Gasteiger charge is -2.11. The van der Waals surface area contributed by atoms with Gasteiger partial charge in [0.15, 0.2) is 5.11 Å². The van der Waals surface area contributed by atoms with Crippen LogP contribution in [0, 0.1) is 6.92 Å². The van der Waals surface area contributed by atoms with Crippen LogP contribution in [0.1, 0.15) is 32.0 Å². The van der Waals surface area contributed by atoms with Gasteiger partial charge in [0, 0.05) is 27.4 Å². The first-order chi connectivity index (χ1) is 18.2. The molecule has 10 heteroatoms. The van der Waals surface area contributed by atoms with Crippen LogP contribution >= 0.6 is 23.8 Å². The molecule has 0 aliphatic rings. The Hall–Kier alpha value is -4.21. The molecule has 0 fully saturated rings. The first-order valence-corrected chi connectivity index (χ1v) is 12.3. The van der Waals surface area contributed by atoms with Crippen molar-refractivity contribution >= 4 is 63.3 Å². The van der Waals surface area contributed by atoms with Crippen molar-refractivity contribution in [3.8, 4) is 5.75 Å². The Bertz CT molecular complexity index is 1550. The second-order valence-corrected chi connectivity index (χ2v) is 9.19. The van der Waals surface area contributed by atoms with Gasteiger partial charge >= 0.3 is 5.97 Å². The summed E-state index contributed by atoms with van der Waals surface area (Å²) in [6.07, 6.45) is -0.0283. The van der Waals surface area contributed by atoms with Crippen molar-refractivity contribution in [2.24, 2.45) is 0 Å². The third kappa shape index (κ3) is 5.69. The highest BCUT2D eigenvalue weighted by Crippen LogP contribution is 2.31. The van der Waals surface area contributed by atoms with E-state index in [2.05, 4.69) is 15.4 Å². The van der Waals surface area contributed by atoms with Gasteiger partial charge in [-0.1, -0.05) is 11.6 Å². The van der Waals surface area contributed by atoms with Gasteiger partial charge in [0.25, 0.3) is 5.91 Å². The van der Waals surface area contributed by atoms with Crippen molar-refractivity contribution in [3.05, 3.63) is 94.1 Å². The second-order valence-electron chi connectivity index (χ2n) is 8.34. The van der Waals surface area contributed by atoms with E-state index < -0.39 is 5.97 Å². The molecule has 3 aromatic carbocycles. The summed E-state index contributed by atoms with van der Waals surface area (Å²) in [4.78, 5) is 38.0. The standard InChI is InChI=1S/C28H24ClN3O5S/c1-16-22(15-25(33)31-28(38)30-20-10-6-18(7-11-20)27(35)37-3)23-14-21(36-2)12-13-24(23)32(16)26(34)17-4-8-19(29)9-5-17/h4-14H,15H2,1-3H3,(H2,30,31,33,38). The Morgan fingerprint density at radius 3 is 2.24 bits per heavy atom. The summed E-state index contributed by atoms with van der Waals surface area (Å²) in [6.45, 7) is 1.79. The summed E-state index contributed by atoms with van der Waals surface area (Å²) in [5.74, 6) is -0.456. The van der Waals surface area contributed by atoms with Crippen LogP contribution < -0.4 is 15.4 Å². The van der Waals surface area contributed by atoms with E-state index in [0.717, 1.165) is 5.39 Å². The minimum Gasteiger partial charge on any atom is -0.497 e. The van der Waals surface area contributed by atoms with Crippen molar-refractivity contribution < 1.29 is 23.9 Å². The number of halogens is 1. The largest absolute Gasteiger partial charge is 0.497 e. The average Bonchev–Trinajstić information content (AvgIpc) is 3.18. The fraction of sp³-hybridized carbons (Fsp3) is 0.143. The van der Waals surface area contributed by atoms with Gasteiger partial charge in [0.1, 0.15) is 5.75 Å². The summed E-state index contributed by atoms with van der Waals surface area (Å²) < 4.78 is 11.7. The van der Waals surface area contributed by atoms with E-state index >= 15 is 0 Å². The molecule has 4 aromatic rings. The van der Waals surface area contributed by atoms with Crippen molar-refractivity contribution in [3.63, 3.8) is 0 Å². The maximum Gasteiger partial charge on any atom is 0.337 e. The van der Waals surface area contributed by atoms with Crippen LogP contribution in [0.15, 0.2) is 66.7 Å². The van der Waals surface area contributed by atoms with Gasteiger partial charge in [0.2, 0.25) is 5.91 Å². The summed E-state index contributed by atoms with van der Waals surface area (Å²) in [5.41, 5.74) is 3.39. The highest BCUT2D eigenvalue weighted by atomic mass is 35.5. The second kappa shape index (κ2) is 11.5. The van der Waals surface area contributed by atoms with Crippen LogP contribution in [0.4, 0.5) is 5.69 Å². The van der Waals surface area contributed by atoms with E-state index in [1.165, 1.54) is 7.11 Å². The number of fused-ring (bicyclic) bond motifs is 1.